The van der Waals surface area contributed by atoms with E-state index < -0.39 is 10.0 Å². The molecule has 0 aromatic rings. The molecule has 0 heterocycles. The number of hydrogen-bond donors (Lipinski definition) is 1. The van der Waals surface area contributed by atoms with Crippen molar-refractivity contribution < 1.29 is 8.42 Å². The minimum atomic E-state index is -3.17. The predicted molar refractivity (Wildman–Crippen MR) is 56.6 cm³/mol. The molecule has 3 nitrogen and oxygen atoms in total. The Kier molecular flexibility index (Phi) is 4.69. The summed E-state index contributed by atoms with van der Waals surface area (Å²) in [5.74, 6) is 0.129. The highest BCUT2D eigenvalue weighted by Gasteiger charge is 2.21. The number of rotatable bonds is 4. The van der Waals surface area contributed by atoms with Crippen molar-refractivity contribution in [1.29, 1.82) is 0 Å². The summed E-state index contributed by atoms with van der Waals surface area (Å²) in [6.45, 7) is 7.70. The third-order valence-electron chi connectivity index (χ3n) is 1.21. The van der Waals surface area contributed by atoms with Crippen molar-refractivity contribution >= 4 is 21.6 Å². The van der Waals surface area contributed by atoms with E-state index in [0.29, 0.717) is 6.54 Å². The largest absolute Gasteiger partial charge is 0.214 e. The summed E-state index contributed by atoms with van der Waals surface area (Å²) in [7, 11) is -3.17. The molecule has 13 heavy (non-hydrogen) atoms. The van der Waals surface area contributed by atoms with Gasteiger partial charge < -0.3 is 0 Å². The first-order chi connectivity index (χ1) is 5.62. The molecular weight excluding hydrogens is 210 g/mol. The highest BCUT2D eigenvalue weighted by molar-refractivity contribution is 7.89. The van der Waals surface area contributed by atoms with Gasteiger partial charge in [0.1, 0.15) is 0 Å². The van der Waals surface area contributed by atoms with Crippen LogP contribution in [0.3, 0.4) is 0 Å². The maximum Gasteiger partial charge on any atom is 0.212 e. The van der Waals surface area contributed by atoms with Gasteiger partial charge in [0.05, 0.1) is 5.75 Å². The van der Waals surface area contributed by atoms with Crippen molar-refractivity contribution in [3.8, 4) is 0 Å². The highest BCUT2D eigenvalue weighted by atomic mass is 35.5. The second-order valence-electron chi connectivity index (χ2n) is 4.45. The average molecular weight is 228 g/mol. The lowest BCUT2D eigenvalue weighted by atomic mass is 10.0. The van der Waals surface area contributed by atoms with Gasteiger partial charge in [0, 0.05) is 11.9 Å². The molecule has 0 aromatic heterocycles. The average Bonchev–Trinajstić information content (AvgIpc) is 1.78. The molecule has 0 spiro atoms. The first-order valence-corrected chi connectivity index (χ1v) is 6.33. The maximum absolute atomic E-state index is 11.4. The molecule has 0 saturated heterocycles. The van der Waals surface area contributed by atoms with Gasteiger partial charge in [-0.3, -0.25) is 0 Å². The molecule has 0 radical (unpaired) electrons. The van der Waals surface area contributed by atoms with E-state index in [-0.39, 0.29) is 16.5 Å². The van der Waals surface area contributed by atoms with Gasteiger partial charge in [0.15, 0.2) is 0 Å². The Morgan fingerprint density at radius 1 is 1.38 bits per heavy atom. The van der Waals surface area contributed by atoms with E-state index in [4.69, 9.17) is 11.6 Å². The minimum absolute atomic E-state index is 0.129. The molecule has 0 saturated carbocycles. The molecule has 1 atom stereocenters. The Balaban J connectivity index is 4.11. The predicted octanol–water partition coefficient (Wildman–Crippen LogP) is 1.58. The molecule has 1 N–H and O–H groups in total. The molecule has 0 aliphatic heterocycles. The Morgan fingerprint density at radius 2 is 1.85 bits per heavy atom. The molecular formula is C8H18ClNO2S. The van der Waals surface area contributed by atoms with Crippen molar-refractivity contribution in [2.24, 2.45) is 5.41 Å². The van der Waals surface area contributed by atoms with E-state index in [1.54, 1.807) is 6.92 Å². The molecule has 0 rings (SSSR count). The standard InChI is InChI=1S/C8H18ClNO2S/c1-7(9)5-10-13(11,12)6-8(2,3)4/h7,10H,5-6H2,1-4H3. The van der Waals surface area contributed by atoms with Gasteiger partial charge in [-0.2, -0.15) is 0 Å². The molecule has 80 valence electrons. The summed E-state index contributed by atoms with van der Waals surface area (Å²) in [5.41, 5.74) is -0.221. The normalized spacial score (nSPS) is 15.8. The SMILES string of the molecule is CC(Cl)CNS(=O)(=O)CC(C)(C)C. The smallest absolute Gasteiger partial charge is 0.212 e. The van der Waals surface area contributed by atoms with Crippen LogP contribution < -0.4 is 4.72 Å². The fourth-order valence-electron chi connectivity index (χ4n) is 0.863. The van der Waals surface area contributed by atoms with E-state index in [1.807, 2.05) is 20.8 Å². The quantitative estimate of drug-likeness (QED) is 0.742. The van der Waals surface area contributed by atoms with Crippen LogP contribution in [0.2, 0.25) is 0 Å². The van der Waals surface area contributed by atoms with E-state index >= 15 is 0 Å². The fourth-order valence-corrected chi connectivity index (χ4v) is 2.78. The van der Waals surface area contributed by atoms with Crippen molar-refractivity contribution in [2.75, 3.05) is 12.3 Å². The monoisotopic (exact) mass is 227 g/mol. The zero-order valence-corrected chi connectivity index (χ0v) is 10.2. The zero-order valence-electron chi connectivity index (χ0n) is 8.59. The first kappa shape index (κ1) is 13.2. The minimum Gasteiger partial charge on any atom is -0.214 e. The summed E-state index contributed by atoms with van der Waals surface area (Å²) < 4.78 is 25.2. The lowest BCUT2D eigenvalue weighted by Gasteiger charge is -2.18. The maximum atomic E-state index is 11.4. The zero-order chi connectivity index (χ0) is 10.7. The van der Waals surface area contributed by atoms with E-state index in [9.17, 15) is 8.42 Å². The van der Waals surface area contributed by atoms with Gasteiger partial charge in [-0.15, -0.1) is 11.6 Å². The summed E-state index contributed by atoms with van der Waals surface area (Å²) >= 11 is 5.63. The van der Waals surface area contributed by atoms with Crippen LogP contribution >= 0.6 is 11.6 Å². The van der Waals surface area contributed by atoms with Crippen molar-refractivity contribution in [2.45, 2.75) is 33.1 Å². The number of nitrogens with one attached hydrogen (secondary N) is 1. The molecule has 0 aromatic carbocycles. The lowest BCUT2D eigenvalue weighted by molar-refractivity contribution is 0.458. The van der Waals surface area contributed by atoms with Crippen LogP contribution in [-0.4, -0.2) is 26.1 Å². The van der Waals surface area contributed by atoms with Gasteiger partial charge in [-0.1, -0.05) is 20.8 Å². The highest BCUT2D eigenvalue weighted by Crippen LogP contribution is 2.15. The summed E-state index contributed by atoms with van der Waals surface area (Å²) in [6, 6.07) is 0. The number of halogens is 1. The van der Waals surface area contributed by atoms with Crippen LogP contribution in [0.15, 0.2) is 0 Å². The molecule has 1 unspecified atom stereocenters. The first-order valence-electron chi connectivity index (χ1n) is 4.24. The number of hydrogen-bond acceptors (Lipinski definition) is 2. The van der Waals surface area contributed by atoms with Crippen LogP contribution in [0.1, 0.15) is 27.7 Å². The molecule has 0 aliphatic carbocycles. The van der Waals surface area contributed by atoms with Gasteiger partial charge in [0.25, 0.3) is 0 Å². The Labute approximate surface area is 85.9 Å². The van der Waals surface area contributed by atoms with Crippen LogP contribution in [0.25, 0.3) is 0 Å². The number of sulfonamides is 1. The van der Waals surface area contributed by atoms with Crippen LogP contribution in [0, 0.1) is 5.41 Å². The van der Waals surface area contributed by atoms with Gasteiger partial charge in [-0.05, 0) is 12.3 Å². The van der Waals surface area contributed by atoms with E-state index in [1.165, 1.54) is 0 Å². The molecule has 0 fully saturated rings. The third-order valence-corrected chi connectivity index (χ3v) is 3.21. The summed E-state index contributed by atoms with van der Waals surface area (Å²) in [4.78, 5) is 0. The second-order valence-corrected chi connectivity index (χ2v) is 7.00. The molecule has 0 aliphatic rings. The Morgan fingerprint density at radius 3 is 2.15 bits per heavy atom. The van der Waals surface area contributed by atoms with Gasteiger partial charge in [-0.25, -0.2) is 13.1 Å². The van der Waals surface area contributed by atoms with Crippen molar-refractivity contribution in [3.05, 3.63) is 0 Å². The van der Waals surface area contributed by atoms with Gasteiger partial charge >= 0.3 is 0 Å². The second kappa shape index (κ2) is 4.62. The summed E-state index contributed by atoms with van der Waals surface area (Å²) in [5, 5.41) is -0.172. The topological polar surface area (TPSA) is 46.2 Å². The number of alkyl halides is 1. The van der Waals surface area contributed by atoms with Crippen molar-refractivity contribution in [1.82, 2.24) is 4.72 Å². The van der Waals surface area contributed by atoms with Gasteiger partial charge in [0.2, 0.25) is 10.0 Å². The van der Waals surface area contributed by atoms with E-state index in [2.05, 4.69) is 4.72 Å². The van der Waals surface area contributed by atoms with Crippen molar-refractivity contribution in [3.63, 3.8) is 0 Å². The molecule has 0 bridgehead atoms. The van der Waals surface area contributed by atoms with Crippen LogP contribution in [0.5, 0.6) is 0 Å². The Bertz CT molecular complexity index is 241. The van der Waals surface area contributed by atoms with Crippen LogP contribution in [-0.2, 0) is 10.0 Å². The Hall–Kier alpha value is 0.200. The summed E-state index contributed by atoms with van der Waals surface area (Å²) in [6.07, 6.45) is 0. The lowest BCUT2D eigenvalue weighted by Crippen LogP contribution is -2.35. The molecule has 0 amide bonds. The molecule has 5 heteroatoms. The third kappa shape index (κ3) is 8.53. The van der Waals surface area contributed by atoms with E-state index in [0.717, 1.165) is 0 Å². The fraction of sp³-hybridized carbons (Fsp3) is 1.00. The van der Waals surface area contributed by atoms with Crippen LogP contribution in [0.4, 0.5) is 0 Å².